The highest BCUT2D eigenvalue weighted by atomic mass is 16.4. The molecule has 0 aliphatic carbocycles. The summed E-state index contributed by atoms with van der Waals surface area (Å²) >= 11 is 0. The van der Waals surface area contributed by atoms with Crippen LogP contribution in [0.1, 0.15) is 12.0 Å². The number of nitrogens with zero attached hydrogens (tertiary/aromatic N) is 1. The molecule has 6 nitrogen and oxygen atoms in total. The maximum Gasteiger partial charge on any atom is 0.419 e. The maximum atomic E-state index is 11.4. The number of aliphatic carboxylic acids is 1. The van der Waals surface area contributed by atoms with Crippen molar-refractivity contribution in [1.82, 2.24) is 9.88 Å². The van der Waals surface area contributed by atoms with E-state index in [-0.39, 0.29) is 0 Å². The van der Waals surface area contributed by atoms with Gasteiger partial charge in [0.25, 0.3) is 0 Å². The first-order valence-electron chi connectivity index (χ1n) is 6.01. The number of benzene rings is 1. The Morgan fingerprint density at radius 3 is 2.89 bits per heavy atom. The number of hydrogen-bond acceptors (Lipinski definition) is 4. The summed E-state index contributed by atoms with van der Waals surface area (Å²) in [5.74, 6) is -1.26. The molecule has 6 heteroatoms. The smallest absolute Gasteiger partial charge is 0.419 e. The van der Waals surface area contributed by atoms with E-state index in [2.05, 4.69) is 5.32 Å². The van der Waals surface area contributed by atoms with E-state index in [1.165, 1.54) is 4.57 Å². The van der Waals surface area contributed by atoms with Gasteiger partial charge in [0.15, 0.2) is 5.58 Å². The minimum Gasteiger partial charge on any atom is -0.480 e. The third kappa shape index (κ3) is 2.68. The van der Waals surface area contributed by atoms with Crippen LogP contribution in [0.25, 0.3) is 11.1 Å². The van der Waals surface area contributed by atoms with Crippen molar-refractivity contribution in [1.29, 1.82) is 0 Å². The normalized spacial score (nSPS) is 12.7. The van der Waals surface area contributed by atoms with Gasteiger partial charge in [-0.2, -0.15) is 0 Å². The van der Waals surface area contributed by atoms with Crippen LogP contribution in [0.5, 0.6) is 0 Å². The lowest BCUT2D eigenvalue weighted by atomic mass is 10.1. The van der Waals surface area contributed by atoms with Gasteiger partial charge in [0.2, 0.25) is 0 Å². The summed E-state index contributed by atoms with van der Waals surface area (Å²) in [6.45, 7) is 0. The van der Waals surface area contributed by atoms with E-state index in [0.29, 0.717) is 18.4 Å². The van der Waals surface area contributed by atoms with Crippen LogP contribution in [0, 0.1) is 0 Å². The SMILES string of the molecule is CNC(CCc1ccc2c(c1)oc(=O)n2C)C(=O)O. The van der Waals surface area contributed by atoms with E-state index >= 15 is 0 Å². The number of oxazole rings is 1. The summed E-state index contributed by atoms with van der Waals surface area (Å²) in [7, 11) is 3.27. The molecule has 2 N–H and O–H groups in total. The number of likely N-dealkylation sites (N-methyl/N-ethyl adjacent to an activating group) is 1. The van der Waals surface area contributed by atoms with Crippen molar-refractivity contribution in [3.05, 3.63) is 34.3 Å². The predicted molar refractivity (Wildman–Crippen MR) is 70.3 cm³/mol. The van der Waals surface area contributed by atoms with E-state index < -0.39 is 17.8 Å². The number of nitrogens with one attached hydrogen (secondary N) is 1. The third-order valence-corrected chi connectivity index (χ3v) is 3.22. The Labute approximate surface area is 109 Å². The number of carboxylic acid groups (broad SMARTS) is 1. The van der Waals surface area contributed by atoms with Crippen LogP contribution in [0.2, 0.25) is 0 Å². The average molecular weight is 264 g/mol. The fraction of sp³-hybridized carbons (Fsp3) is 0.385. The molecule has 0 amide bonds. The molecular formula is C13H16N2O4. The Kier molecular flexibility index (Phi) is 3.71. The van der Waals surface area contributed by atoms with Gasteiger partial charge in [-0.1, -0.05) is 6.07 Å². The predicted octanol–water partition coefficient (Wildman–Crippen LogP) is 0.737. The highest BCUT2D eigenvalue weighted by molar-refractivity contribution is 5.74. The van der Waals surface area contributed by atoms with Gasteiger partial charge in [-0.15, -0.1) is 0 Å². The van der Waals surface area contributed by atoms with Gasteiger partial charge < -0.3 is 14.8 Å². The van der Waals surface area contributed by atoms with Crippen molar-refractivity contribution in [2.75, 3.05) is 7.05 Å². The molecule has 0 spiro atoms. The van der Waals surface area contributed by atoms with Crippen molar-refractivity contribution >= 4 is 17.1 Å². The van der Waals surface area contributed by atoms with Crippen molar-refractivity contribution in [3.63, 3.8) is 0 Å². The zero-order chi connectivity index (χ0) is 14.0. The van der Waals surface area contributed by atoms with Crippen molar-refractivity contribution in [3.8, 4) is 0 Å². The maximum absolute atomic E-state index is 11.4. The number of hydrogen-bond donors (Lipinski definition) is 2. The van der Waals surface area contributed by atoms with E-state index in [4.69, 9.17) is 9.52 Å². The molecule has 2 aromatic rings. The van der Waals surface area contributed by atoms with Crippen molar-refractivity contribution < 1.29 is 14.3 Å². The van der Waals surface area contributed by atoms with E-state index in [0.717, 1.165) is 11.1 Å². The second kappa shape index (κ2) is 5.27. The second-order valence-electron chi connectivity index (χ2n) is 4.45. The van der Waals surface area contributed by atoms with Gasteiger partial charge >= 0.3 is 11.7 Å². The molecule has 0 bridgehead atoms. The first-order chi connectivity index (χ1) is 9.02. The number of carboxylic acids is 1. The molecule has 102 valence electrons. The lowest BCUT2D eigenvalue weighted by Crippen LogP contribution is -2.34. The zero-order valence-electron chi connectivity index (χ0n) is 10.8. The Bertz CT molecular complexity index is 656. The average Bonchev–Trinajstić information content (AvgIpc) is 2.65. The molecule has 0 saturated carbocycles. The Balaban J connectivity index is 2.18. The molecule has 1 aromatic heterocycles. The van der Waals surface area contributed by atoms with Crippen LogP contribution in [0.3, 0.4) is 0 Å². The summed E-state index contributed by atoms with van der Waals surface area (Å²) in [4.78, 5) is 22.2. The Hall–Kier alpha value is -2.08. The highest BCUT2D eigenvalue weighted by Crippen LogP contribution is 2.15. The van der Waals surface area contributed by atoms with E-state index in [1.54, 1.807) is 20.2 Å². The summed E-state index contributed by atoms with van der Waals surface area (Å²) in [6.07, 6.45) is 1.08. The third-order valence-electron chi connectivity index (χ3n) is 3.22. The van der Waals surface area contributed by atoms with Crippen LogP contribution >= 0.6 is 0 Å². The molecular weight excluding hydrogens is 248 g/mol. The summed E-state index contributed by atoms with van der Waals surface area (Å²) in [5.41, 5.74) is 2.21. The van der Waals surface area contributed by atoms with Crippen LogP contribution in [-0.4, -0.2) is 28.7 Å². The lowest BCUT2D eigenvalue weighted by molar-refractivity contribution is -0.139. The first-order valence-corrected chi connectivity index (χ1v) is 6.01. The Morgan fingerprint density at radius 1 is 1.53 bits per heavy atom. The first kappa shape index (κ1) is 13.4. The van der Waals surface area contributed by atoms with Gasteiger partial charge in [-0.3, -0.25) is 9.36 Å². The zero-order valence-corrected chi connectivity index (χ0v) is 10.8. The quantitative estimate of drug-likeness (QED) is 0.832. The van der Waals surface area contributed by atoms with Gasteiger partial charge in [-0.25, -0.2) is 4.79 Å². The standard InChI is InChI=1S/C13H16N2O4/c1-14-9(12(16)17)5-3-8-4-6-10-11(7-8)19-13(18)15(10)2/h4,6-7,9,14H,3,5H2,1-2H3,(H,16,17). The Morgan fingerprint density at radius 2 is 2.26 bits per heavy atom. The minimum atomic E-state index is -0.866. The topological polar surface area (TPSA) is 84.5 Å². The largest absolute Gasteiger partial charge is 0.480 e. The van der Waals surface area contributed by atoms with Gasteiger partial charge in [-0.05, 0) is 37.6 Å². The molecule has 0 aliphatic heterocycles. The van der Waals surface area contributed by atoms with E-state index in [1.807, 2.05) is 12.1 Å². The van der Waals surface area contributed by atoms with Crippen molar-refractivity contribution in [2.45, 2.75) is 18.9 Å². The molecule has 1 heterocycles. The fourth-order valence-corrected chi connectivity index (χ4v) is 2.04. The van der Waals surface area contributed by atoms with Crippen LogP contribution in [-0.2, 0) is 18.3 Å². The van der Waals surface area contributed by atoms with Crippen LogP contribution in [0.4, 0.5) is 0 Å². The van der Waals surface area contributed by atoms with Crippen LogP contribution < -0.4 is 11.1 Å². The molecule has 19 heavy (non-hydrogen) atoms. The summed E-state index contributed by atoms with van der Waals surface area (Å²) in [5, 5.41) is 11.7. The number of rotatable bonds is 5. The molecule has 0 fully saturated rings. The number of fused-ring (bicyclic) bond motifs is 1. The molecule has 1 unspecified atom stereocenters. The number of aryl methyl sites for hydroxylation is 2. The fourth-order valence-electron chi connectivity index (χ4n) is 2.04. The number of carbonyl (C=O) groups is 1. The molecule has 1 aromatic carbocycles. The minimum absolute atomic E-state index is 0.397. The summed E-state index contributed by atoms with van der Waals surface area (Å²) < 4.78 is 6.53. The molecule has 2 rings (SSSR count). The summed E-state index contributed by atoms with van der Waals surface area (Å²) in [6, 6.07) is 4.90. The highest BCUT2D eigenvalue weighted by Gasteiger charge is 2.14. The van der Waals surface area contributed by atoms with Gasteiger partial charge in [0.05, 0.1) is 5.52 Å². The lowest BCUT2D eigenvalue weighted by Gasteiger charge is -2.10. The molecule has 1 atom stereocenters. The van der Waals surface area contributed by atoms with Crippen molar-refractivity contribution in [2.24, 2.45) is 7.05 Å². The van der Waals surface area contributed by atoms with E-state index in [9.17, 15) is 9.59 Å². The monoisotopic (exact) mass is 264 g/mol. The van der Waals surface area contributed by atoms with Gasteiger partial charge in [0.1, 0.15) is 6.04 Å². The molecule has 0 saturated heterocycles. The molecule has 0 aliphatic rings. The molecule has 0 radical (unpaired) electrons. The second-order valence-corrected chi connectivity index (χ2v) is 4.45. The number of aromatic nitrogens is 1. The van der Waals surface area contributed by atoms with Gasteiger partial charge in [0, 0.05) is 7.05 Å². The van der Waals surface area contributed by atoms with Crippen LogP contribution in [0.15, 0.2) is 27.4 Å².